The number of anilines is 1. The molecule has 3 aromatic rings. The zero-order chi connectivity index (χ0) is 28.3. The topological polar surface area (TPSA) is 82.2 Å². The fourth-order valence-electron chi connectivity index (χ4n) is 6.63. The number of amides is 1. The van der Waals surface area contributed by atoms with Crippen LogP contribution in [0.5, 0.6) is 11.5 Å². The summed E-state index contributed by atoms with van der Waals surface area (Å²) >= 11 is 1.85. The van der Waals surface area contributed by atoms with E-state index < -0.39 is 0 Å². The van der Waals surface area contributed by atoms with Gasteiger partial charge in [0.1, 0.15) is 22.6 Å². The molecule has 2 aromatic carbocycles. The van der Waals surface area contributed by atoms with Gasteiger partial charge in [0.05, 0.1) is 22.9 Å². The van der Waals surface area contributed by atoms with E-state index in [0.29, 0.717) is 12.1 Å². The van der Waals surface area contributed by atoms with Crippen LogP contribution in [0.25, 0.3) is 10.9 Å². The van der Waals surface area contributed by atoms with E-state index in [1.165, 1.54) is 25.7 Å². The highest BCUT2D eigenvalue weighted by Gasteiger charge is 2.31. The van der Waals surface area contributed by atoms with Gasteiger partial charge in [-0.15, -0.1) is 11.8 Å². The van der Waals surface area contributed by atoms with E-state index in [9.17, 15) is 4.79 Å². The van der Waals surface area contributed by atoms with Gasteiger partial charge in [0, 0.05) is 62.6 Å². The maximum atomic E-state index is 12.7. The first-order valence-electron chi connectivity index (χ1n) is 15.7. The Balaban J connectivity index is 1.00. The molecular weight excluding hydrogens is 546 g/mol. The number of hydrogen-bond donors (Lipinski definition) is 2. The molecule has 0 radical (unpaired) electrons. The molecule has 1 aromatic heterocycles. The molecule has 1 unspecified atom stereocenters. The predicted octanol–water partition coefficient (Wildman–Crippen LogP) is 5.89. The van der Waals surface area contributed by atoms with Gasteiger partial charge in [-0.2, -0.15) is 0 Å². The lowest BCUT2D eigenvalue weighted by molar-refractivity contribution is -0.142. The second kappa shape index (κ2) is 12.7. The Morgan fingerprint density at radius 2 is 1.86 bits per heavy atom. The number of aliphatic imine (C=N–C) groups is 1. The molecule has 0 bridgehead atoms. The summed E-state index contributed by atoms with van der Waals surface area (Å²) in [7, 11) is 0. The lowest BCUT2D eigenvalue weighted by atomic mass is 10.1. The molecule has 8 nitrogen and oxygen atoms in total. The number of aromatic amines is 1. The van der Waals surface area contributed by atoms with E-state index in [4.69, 9.17) is 14.5 Å². The van der Waals surface area contributed by atoms with Crippen molar-refractivity contribution in [1.82, 2.24) is 14.8 Å². The summed E-state index contributed by atoms with van der Waals surface area (Å²) in [5.41, 5.74) is 3.32. The van der Waals surface area contributed by atoms with Crippen molar-refractivity contribution in [1.29, 1.82) is 0 Å². The molecule has 3 aliphatic heterocycles. The van der Waals surface area contributed by atoms with Crippen molar-refractivity contribution in [2.45, 2.75) is 63.1 Å². The average Bonchev–Trinajstić information content (AvgIpc) is 3.84. The number of nitrogens with zero attached hydrogens (tertiary/aromatic N) is 3. The van der Waals surface area contributed by atoms with Gasteiger partial charge in [-0.3, -0.25) is 14.7 Å². The van der Waals surface area contributed by atoms with Gasteiger partial charge in [0.2, 0.25) is 0 Å². The number of aromatic nitrogens is 1. The first kappa shape index (κ1) is 27.8. The Bertz CT molecular complexity index is 1410. The lowest BCUT2D eigenvalue weighted by Crippen LogP contribution is -2.51. The predicted molar refractivity (Wildman–Crippen MR) is 170 cm³/mol. The third kappa shape index (κ3) is 6.33. The molecule has 1 amide bonds. The SMILES string of the molecule is O=C(C1CCCO1)N1CCN(CC[C@H]2CSC(c3cc4cc(Oc5ccccc5)cc(NC5CCCC5)c4[nH]3)=N2)CC1. The van der Waals surface area contributed by atoms with Gasteiger partial charge in [-0.1, -0.05) is 31.0 Å². The van der Waals surface area contributed by atoms with Crippen LogP contribution in [0, 0.1) is 0 Å². The molecule has 2 atom stereocenters. The number of carbonyl (C=O) groups excluding carboxylic acids is 1. The number of fused-ring (bicyclic) bond motifs is 1. The number of carbonyl (C=O) groups is 1. The molecule has 2 saturated heterocycles. The highest BCUT2D eigenvalue weighted by atomic mass is 32.2. The van der Waals surface area contributed by atoms with Gasteiger partial charge < -0.3 is 24.7 Å². The molecule has 0 spiro atoms. The van der Waals surface area contributed by atoms with Crippen LogP contribution in [-0.4, -0.2) is 89.0 Å². The zero-order valence-corrected chi connectivity index (χ0v) is 25.0. The second-order valence-corrected chi connectivity index (χ2v) is 13.0. The molecule has 9 heteroatoms. The Morgan fingerprint density at radius 1 is 1.02 bits per heavy atom. The largest absolute Gasteiger partial charge is 0.457 e. The van der Waals surface area contributed by atoms with Crippen LogP contribution in [0.1, 0.15) is 50.6 Å². The van der Waals surface area contributed by atoms with Crippen molar-refractivity contribution in [3.8, 4) is 11.5 Å². The van der Waals surface area contributed by atoms with Gasteiger partial charge in [0.15, 0.2) is 0 Å². The number of H-pyrrole nitrogens is 1. The maximum Gasteiger partial charge on any atom is 0.251 e. The van der Waals surface area contributed by atoms with Crippen molar-refractivity contribution in [2.75, 3.05) is 50.4 Å². The Labute approximate surface area is 252 Å². The number of benzene rings is 2. The molecule has 222 valence electrons. The van der Waals surface area contributed by atoms with Crippen LogP contribution in [0.3, 0.4) is 0 Å². The number of para-hydroxylation sites is 1. The standard InChI is InChI=1S/C33H41N5O3S/c39-33(30-11-6-18-40-30)38-16-14-37(15-17-38)13-12-25-22-42-32(35-25)29-20-23-19-27(41-26-9-2-1-3-10-26)21-28(31(23)36-29)34-24-7-4-5-8-24/h1-3,9-10,19-21,24-25,30,34,36H,4-8,11-18,22H2/t25-,30?/m0/s1. The fourth-order valence-corrected chi connectivity index (χ4v) is 7.71. The van der Waals surface area contributed by atoms with Crippen molar-refractivity contribution < 1.29 is 14.3 Å². The van der Waals surface area contributed by atoms with Crippen LogP contribution < -0.4 is 10.1 Å². The summed E-state index contributed by atoms with van der Waals surface area (Å²) in [6, 6.07) is 17.3. The number of hydrogen-bond acceptors (Lipinski definition) is 7. The summed E-state index contributed by atoms with van der Waals surface area (Å²) in [5, 5.41) is 6.05. The van der Waals surface area contributed by atoms with E-state index in [0.717, 1.165) is 103 Å². The summed E-state index contributed by atoms with van der Waals surface area (Å²) in [6.07, 6.45) is 7.70. The summed E-state index contributed by atoms with van der Waals surface area (Å²) in [6.45, 7) is 5.21. The number of piperazine rings is 1. The molecule has 7 rings (SSSR count). The summed E-state index contributed by atoms with van der Waals surface area (Å²) < 4.78 is 11.9. The summed E-state index contributed by atoms with van der Waals surface area (Å²) in [5.74, 6) is 2.88. The number of nitrogens with one attached hydrogen (secondary N) is 2. The van der Waals surface area contributed by atoms with Gasteiger partial charge in [-0.05, 0) is 56.4 Å². The maximum absolute atomic E-state index is 12.7. The van der Waals surface area contributed by atoms with Crippen molar-refractivity contribution >= 4 is 39.3 Å². The van der Waals surface area contributed by atoms with Crippen molar-refractivity contribution in [3.05, 3.63) is 54.2 Å². The molecule has 4 aliphatic rings. The van der Waals surface area contributed by atoms with E-state index >= 15 is 0 Å². The minimum absolute atomic E-state index is 0.187. The van der Waals surface area contributed by atoms with E-state index in [2.05, 4.69) is 33.4 Å². The normalized spacial score (nSPS) is 23.5. The Kier molecular flexibility index (Phi) is 8.40. The van der Waals surface area contributed by atoms with E-state index in [1.54, 1.807) is 0 Å². The summed E-state index contributed by atoms with van der Waals surface area (Å²) in [4.78, 5) is 26.0. The van der Waals surface area contributed by atoms with Crippen molar-refractivity contribution in [2.24, 2.45) is 4.99 Å². The molecule has 1 saturated carbocycles. The number of thioether (sulfide) groups is 1. The monoisotopic (exact) mass is 587 g/mol. The van der Waals surface area contributed by atoms with Crippen LogP contribution in [-0.2, 0) is 9.53 Å². The van der Waals surface area contributed by atoms with Crippen LogP contribution in [0.15, 0.2) is 53.5 Å². The molecule has 1 aliphatic carbocycles. The van der Waals surface area contributed by atoms with Crippen LogP contribution >= 0.6 is 11.8 Å². The van der Waals surface area contributed by atoms with Gasteiger partial charge in [0.25, 0.3) is 5.91 Å². The molecule has 3 fully saturated rings. The Morgan fingerprint density at radius 3 is 2.64 bits per heavy atom. The van der Waals surface area contributed by atoms with E-state index in [-0.39, 0.29) is 12.0 Å². The number of rotatable bonds is 9. The highest BCUT2D eigenvalue weighted by Crippen LogP contribution is 2.36. The quantitative estimate of drug-likeness (QED) is 0.325. The van der Waals surface area contributed by atoms with Gasteiger partial charge in [-0.25, -0.2) is 0 Å². The zero-order valence-electron chi connectivity index (χ0n) is 24.2. The highest BCUT2D eigenvalue weighted by molar-refractivity contribution is 8.14. The third-order valence-electron chi connectivity index (χ3n) is 9.01. The molecule has 42 heavy (non-hydrogen) atoms. The van der Waals surface area contributed by atoms with E-state index in [1.807, 2.05) is 47.0 Å². The molecule has 2 N–H and O–H groups in total. The number of ether oxygens (including phenoxy) is 2. The van der Waals surface area contributed by atoms with Crippen LogP contribution in [0.2, 0.25) is 0 Å². The second-order valence-electron chi connectivity index (χ2n) is 12.0. The van der Waals surface area contributed by atoms with Crippen molar-refractivity contribution in [3.63, 3.8) is 0 Å². The third-order valence-corrected chi connectivity index (χ3v) is 10.2. The minimum atomic E-state index is -0.206. The van der Waals surface area contributed by atoms with Crippen LogP contribution in [0.4, 0.5) is 5.69 Å². The Hall–Kier alpha value is -3.01. The average molecular weight is 588 g/mol. The minimum Gasteiger partial charge on any atom is -0.457 e. The first-order valence-corrected chi connectivity index (χ1v) is 16.7. The molecule has 4 heterocycles. The van der Waals surface area contributed by atoms with Gasteiger partial charge >= 0.3 is 0 Å². The fraction of sp³-hybridized carbons (Fsp3) is 0.515. The smallest absolute Gasteiger partial charge is 0.251 e. The molecular formula is C33H41N5O3S. The first-order chi connectivity index (χ1) is 20.7. The lowest BCUT2D eigenvalue weighted by Gasteiger charge is -2.36.